The molecular formula is C27H21N3OS. The molecular weight excluding hydrogens is 414 g/mol. The van der Waals surface area contributed by atoms with Gasteiger partial charge >= 0.3 is 0 Å². The summed E-state index contributed by atoms with van der Waals surface area (Å²) in [6, 6.07) is 35.4. The van der Waals surface area contributed by atoms with Gasteiger partial charge in [-0.2, -0.15) is 5.10 Å². The van der Waals surface area contributed by atoms with Crippen LogP contribution in [0.1, 0.15) is 27.7 Å². The summed E-state index contributed by atoms with van der Waals surface area (Å²) in [5.74, 6) is -0.179. The Morgan fingerprint density at radius 3 is 1.94 bits per heavy atom. The Bertz CT molecular complexity index is 1260. The van der Waals surface area contributed by atoms with Crippen molar-refractivity contribution in [1.29, 1.82) is 0 Å². The molecule has 0 atom stereocenters. The van der Waals surface area contributed by atoms with E-state index < -0.39 is 0 Å². The van der Waals surface area contributed by atoms with Gasteiger partial charge in [0.25, 0.3) is 5.91 Å². The van der Waals surface area contributed by atoms with Gasteiger partial charge in [0.2, 0.25) is 0 Å². The van der Waals surface area contributed by atoms with E-state index in [2.05, 4.69) is 5.32 Å². The van der Waals surface area contributed by atoms with Crippen LogP contribution in [0, 0.1) is 0 Å². The standard InChI is InChI=1S/C27H21N3OS/c31-27(28-26(20-11-4-1-5-12-20)21-13-6-2-7-14-21)24-19-23(25-17-10-18-32-25)29-30(24)22-15-8-3-9-16-22/h1-19,26H,(H,28,31). The lowest BCUT2D eigenvalue weighted by molar-refractivity contribution is 0.0935. The smallest absolute Gasteiger partial charge is 0.270 e. The molecule has 0 bridgehead atoms. The second kappa shape index (κ2) is 9.04. The van der Waals surface area contributed by atoms with Crippen LogP contribution in [-0.2, 0) is 0 Å². The largest absolute Gasteiger partial charge is 0.340 e. The number of amides is 1. The monoisotopic (exact) mass is 435 g/mol. The lowest BCUT2D eigenvalue weighted by Crippen LogP contribution is -2.31. The number of benzene rings is 3. The Morgan fingerprint density at radius 1 is 0.781 bits per heavy atom. The highest BCUT2D eigenvalue weighted by Gasteiger charge is 2.22. The van der Waals surface area contributed by atoms with E-state index in [1.54, 1.807) is 16.0 Å². The summed E-state index contributed by atoms with van der Waals surface area (Å²) in [6.45, 7) is 0. The van der Waals surface area contributed by atoms with Crippen LogP contribution in [0.25, 0.3) is 16.3 Å². The van der Waals surface area contributed by atoms with Crippen LogP contribution >= 0.6 is 11.3 Å². The van der Waals surface area contributed by atoms with Gasteiger partial charge in [-0.05, 0) is 40.8 Å². The lowest BCUT2D eigenvalue weighted by atomic mass is 9.98. The minimum Gasteiger partial charge on any atom is -0.340 e. The molecule has 1 amide bonds. The molecule has 2 heterocycles. The molecule has 0 fully saturated rings. The zero-order valence-corrected chi connectivity index (χ0v) is 18.1. The normalized spacial score (nSPS) is 10.9. The fourth-order valence-corrected chi connectivity index (χ4v) is 4.39. The van der Waals surface area contributed by atoms with E-state index in [9.17, 15) is 4.79 Å². The SMILES string of the molecule is O=C(NC(c1ccccc1)c1ccccc1)c1cc(-c2cccs2)nn1-c1ccccc1. The second-order valence-corrected chi connectivity index (χ2v) is 8.32. The first-order valence-electron chi connectivity index (χ1n) is 10.4. The average Bonchev–Trinajstić information content (AvgIpc) is 3.54. The van der Waals surface area contributed by atoms with Crippen LogP contribution in [0.4, 0.5) is 0 Å². The van der Waals surface area contributed by atoms with E-state index >= 15 is 0 Å². The summed E-state index contributed by atoms with van der Waals surface area (Å²) < 4.78 is 1.72. The molecule has 32 heavy (non-hydrogen) atoms. The number of nitrogens with one attached hydrogen (secondary N) is 1. The number of thiophene rings is 1. The van der Waals surface area contributed by atoms with Crippen LogP contribution in [0.5, 0.6) is 0 Å². The number of aromatic nitrogens is 2. The van der Waals surface area contributed by atoms with Crippen LogP contribution in [-0.4, -0.2) is 15.7 Å². The third-order valence-corrected chi connectivity index (χ3v) is 6.15. The maximum absolute atomic E-state index is 13.6. The van der Waals surface area contributed by atoms with Gasteiger partial charge in [-0.15, -0.1) is 11.3 Å². The summed E-state index contributed by atoms with van der Waals surface area (Å²) >= 11 is 1.61. The molecule has 0 saturated heterocycles. The Hall–Kier alpha value is -3.96. The quantitative estimate of drug-likeness (QED) is 0.349. The van der Waals surface area contributed by atoms with Gasteiger partial charge in [0.15, 0.2) is 0 Å². The Morgan fingerprint density at radius 2 is 1.38 bits per heavy atom. The molecule has 5 rings (SSSR count). The number of hydrogen-bond acceptors (Lipinski definition) is 3. The molecule has 0 aliphatic heterocycles. The van der Waals surface area contributed by atoms with Crippen LogP contribution < -0.4 is 5.32 Å². The zero-order valence-electron chi connectivity index (χ0n) is 17.3. The summed E-state index contributed by atoms with van der Waals surface area (Å²) in [4.78, 5) is 14.6. The number of para-hydroxylation sites is 1. The maximum Gasteiger partial charge on any atom is 0.270 e. The third kappa shape index (κ3) is 4.11. The highest BCUT2D eigenvalue weighted by molar-refractivity contribution is 7.13. The van der Waals surface area contributed by atoms with E-state index in [0.29, 0.717) is 5.69 Å². The minimum atomic E-state index is -0.269. The molecule has 5 heteroatoms. The van der Waals surface area contributed by atoms with E-state index in [0.717, 1.165) is 27.4 Å². The van der Waals surface area contributed by atoms with Crippen molar-refractivity contribution in [3.63, 3.8) is 0 Å². The molecule has 5 aromatic rings. The Labute approximate surface area is 190 Å². The number of nitrogens with zero attached hydrogens (tertiary/aromatic N) is 2. The molecule has 0 aliphatic rings. The summed E-state index contributed by atoms with van der Waals surface area (Å²) in [6.07, 6.45) is 0. The van der Waals surface area contributed by atoms with E-state index in [-0.39, 0.29) is 11.9 Å². The van der Waals surface area contributed by atoms with Crippen LogP contribution in [0.3, 0.4) is 0 Å². The molecule has 0 spiro atoms. The number of carbonyl (C=O) groups excluding carboxylic acids is 1. The average molecular weight is 436 g/mol. The first kappa shape index (κ1) is 20.0. The molecule has 2 aromatic heterocycles. The fraction of sp³-hybridized carbons (Fsp3) is 0.0370. The van der Waals surface area contributed by atoms with Gasteiger partial charge in [0, 0.05) is 0 Å². The lowest BCUT2D eigenvalue weighted by Gasteiger charge is -2.20. The molecule has 1 N–H and O–H groups in total. The van der Waals surface area contributed by atoms with E-state index in [1.165, 1.54) is 0 Å². The fourth-order valence-electron chi connectivity index (χ4n) is 3.71. The predicted octanol–water partition coefficient (Wildman–Crippen LogP) is 6.12. The zero-order chi connectivity index (χ0) is 21.8. The highest BCUT2D eigenvalue weighted by atomic mass is 32.1. The highest BCUT2D eigenvalue weighted by Crippen LogP contribution is 2.27. The molecule has 156 valence electrons. The van der Waals surface area contributed by atoms with Crippen LogP contribution in [0.15, 0.2) is 115 Å². The Kier molecular flexibility index (Phi) is 5.64. The summed E-state index contributed by atoms with van der Waals surface area (Å²) in [5, 5.41) is 10.0. The molecule has 0 radical (unpaired) electrons. The van der Waals surface area contributed by atoms with Crippen molar-refractivity contribution in [2.24, 2.45) is 0 Å². The van der Waals surface area contributed by atoms with Gasteiger partial charge in [-0.25, -0.2) is 4.68 Å². The predicted molar refractivity (Wildman–Crippen MR) is 129 cm³/mol. The van der Waals surface area contributed by atoms with Crippen molar-refractivity contribution in [2.45, 2.75) is 6.04 Å². The van der Waals surface area contributed by atoms with E-state index in [1.807, 2.05) is 115 Å². The van der Waals surface area contributed by atoms with Crippen molar-refractivity contribution in [3.05, 3.63) is 131 Å². The van der Waals surface area contributed by atoms with Crippen LogP contribution in [0.2, 0.25) is 0 Å². The number of hydrogen-bond donors (Lipinski definition) is 1. The van der Waals surface area contributed by atoms with Gasteiger partial charge in [0.05, 0.1) is 16.6 Å². The van der Waals surface area contributed by atoms with Crippen molar-refractivity contribution < 1.29 is 4.79 Å². The first-order chi connectivity index (χ1) is 15.8. The first-order valence-corrected chi connectivity index (χ1v) is 11.3. The van der Waals surface area contributed by atoms with Gasteiger partial charge < -0.3 is 5.32 Å². The van der Waals surface area contributed by atoms with Gasteiger partial charge in [-0.1, -0.05) is 84.9 Å². The topological polar surface area (TPSA) is 46.9 Å². The number of rotatable bonds is 6. The molecule has 0 saturated carbocycles. The molecule has 0 aliphatic carbocycles. The maximum atomic E-state index is 13.6. The number of carbonyl (C=O) groups is 1. The van der Waals surface area contributed by atoms with Crippen molar-refractivity contribution >= 4 is 17.2 Å². The molecule has 3 aromatic carbocycles. The van der Waals surface area contributed by atoms with Crippen molar-refractivity contribution in [2.75, 3.05) is 0 Å². The Balaban J connectivity index is 1.55. The minimum absolute atomic E-state index is 0.179. The van der Waals surface area contributed by atoms with Gasteiger partial charge in [0.1, 0.15) is 11.4 Å². The van der Waals surface area contributed by atoms with Crippen molar-refractivity contribution in [1.82, 2.24) is 15.1 Å². The summed E-state index contributed by atoms with van der Waals surface area (Å²) in [5.41, 5.74) is 4.17. The van der Waals surface area contributed by atoms with Crippen molar-refractivity contribution in [3.8, 4) is 16.3 Å². The van der Waals surface area contributed by atoms with Gasteiger partial charge in [-0.3, -0.25) is 4.79 Å². The molecule has 0 unspecified atom stereocenters. The molecule has 4 nitrogen and oxygen atoms in total. The summed E-state index contributed by atoms with van der Waals surface area (Å²) in [7, 11) is 0. The second-order valence-electron chi connectivity index (χ2n) is 7.37. The van der Waals surface area contributed by atoms with E-state index in [4.69, 9.17) is 5.10 Å². The third-order valence-electron chi connectivity index (χ3n) is 5.26.